The van der Waals surface area contributed by atoms with Crippen molar-refractivity contribution in [2.24, 2.45) is 0 Å². The number of anilines is 1. The molecule has 2 aromatic rings. The lowest BCUT2D eigenvalue weighted by molar-refractivity contribution is -0.119. The summed E-state index contributed by atoms with van der Waals surface area (Å²) in [5.41, 5.74) is 0.826. The molecule has 6 heteroatoms. The van der Waals surface area contributed by atoms with Crippen LogP contribution in [0, 0.1) is 0 Å². The topological polar surface area (TPSA) is 38.8 Å². The molecule has 1 aliphatic rings. The Balaban J connectivity index is 1.54. The third kappa shape index (κ3) is 4.39. The predicted molar refractivity (Wildman–Crippen MR) is 100 cm³/mol. The number of ether oxygens (including phenoxy) is 2. The average Bonchev–Trinajstić information content (AvgIpc) is 2.59. The lowest BCUT2D eigenvalue weighted by Gasteiger charge is -2.33. The zero-order valence-corrected chi connectivity index (χ0v) is 15.4. The van der Waals surface area contributed by atoms with Gasteiger partial charge in [0.1, 0.15) is 17.6 Å². The third-order valence-electron chi connectivity index (χ3n) is 3.91. The first-order chi connectivity index (χ1) is 12.0. The minimum absolute atomic E-state index is 0.0250. The maximum absolute atomic E-state index is 12.6. The van der Waals surface area contributed by atoms with Crippen LogP contribution in [0.1, 0.15) is 19.8 Å². The standard InChI is InChI=1S/C19H19Cl2NO3/c1-13-12-22(16-5-2-3-6-18(16)25-13)19(23)7-4-10-24-17-9-8-14(20)11-15(17)21/h2-3,5-6,8-9,11,13H,4,7,10,12H2,1H3. The molecule has 0 spiro atoms. The van der Waals surface area contributed by atoms with E-state index in [1.165, 1.54) is 0 Å². The van der Waals surface area contributed by atoms with Crippen molar-refractivity contribution in [3.63, 3.8) is 0 Å². The second kappa shape index (κ2) is 7.98. The van der Waals surface area contributed by atoms with E-state index in [2.05, 4.69) is 0 Å². The van der Waals surface area contributed by atoms with Crippen molar-refractivity contribution in [1.29, 1.82) is 0 Å². The normalized spacial score (nSPS) is 16.1. The van der Waals surface area contributed by atoms with Crippen LogP contribution in [0.25, 0.3) is 0 Å². The van der Waals surface area contributed by atoms with E-state index in [4.69, 9.17) is 32.7 Å². The molecular formula is C19H19Cl2NO3. The molecule has 0 aromatic heterocycles. The smallest absolute Gasteiger partial charge is 0.227 e. The number of nitrogens with zero attached hydrogens (tertiary/aromatic N) is 1. The molecule has 1 atom stereocenters. The van der Waals surface area contributed by atoms with Crippen molar-refractivity contribution in [2.75, 3.05) is 18.1 Å². The van der Waals surface area contributed by atoms with Gasteiger partial charge in [0, 0.05) is 11.4 Å². The van der Waals surface area contributed by atoms with Crippen molar-refractivity contribution < 1.29 is 14.3 Å². The minimum Gasteiger partial charge on any atom is -0.492 e. The van der Waals surface area contributed by atoms with Gasteiger partial charge in [-0.2, -0.15) is 0 Å². The SMILES string of the molecule is CC1CN(C(=O)CCCOc2ccc(Cl)cc2Cl)c2ccccc2O1. The van der Waals surface area contributed by atoms with Crippen molar-refractivity contribution in [3.8, 4) is 11.5 Å². The zero-order chi connectivity index (χ0) is 17.8. The van der Waals surface area contributed by atoms with Gasteiger partial charge in [0.25, 0.3) is 0 Å². The lowest BCUT2D eigenvalue weighted by atomic mass is 10.1. The molecule has 1 unspecified atom stereocenters. The monoisotopic (exact) mass is 379 g/mol. The van der Waals surface area contributed by atoms with Crippen LogP contribution in [0.2, 0.25) is 10.0 Å². The average molecular weight is 380 g/mol. The molecule has 2 aromatic carbocycles. The molecule has 0 saturated heterocycles. The Labute approximate surface area is 157 Å². The van der Waals surface area contributed by atoms with E-state index >= 15 is 0 Å². The molecule has 1 aliphatic heterocycles. The minimum atomic E-state index is -0.0250. The van der Waals surface area contributed by atoms with Crippen molar-refractivity contribution >= 4 is 34.8 Å². The fourth-order valence-electron chi connectivity index (χ4n) is 2.76. The van der Waals surface area contributed by atoms with Crippen molar-refractivity contribution in [3.05, 3.63) is 52.5 Å². The second-order valence-corrected chi connectivity index (χ2v) is 6.77. The van der Waals surface area contributed by atoms with E-state index in [0.717, 1.165) is 11.4 Å². The highest BCUT2D eigenvalue weighted by Gasteiger charge is 2.26. The predicted octanol–water partition coefficient (Wildman–Crippen LogP) is 4.97. The fraction of sp³-hybridized carbons (Fsp3) is 0.316. The number of carbonyl (C=O) groups excluding carboxylic acids is 1. The summed E-state index contributed by atoms with van der Waals surface area (Å²) < 4.78 is 11.4. The number of amides is 1. The van der Waals surface area contributed by atoms with E-state index in [0.29, 0.717) is 41.8 Å². The Bertz CT molecular complexity index is 766. The highest BCUT2D eigenvalue weighted by atomic mass is 35.5. The summed E-state index contributed by atoms with van der Waals surface area (Å²) in [6.07, 6.45) is 0.973. The number of hydrogen-bond donors (Lipinski definition) is 0. The molecule has 1 amide bonds. The Kier molecular flexibility index (Phi) is 5.71. The first-order valence-corrected chi connectivity index (χ1v) is 8.94. The van der Waals surface area contributed by atoms with Gasteiger partial charge >= 0.3 is 0 Å². The van der Waals surface area contributed by atoms with Gasteiger partial charge in [0.15, 0.2) is 0 Å². The van der Waals surface area contributed by atoms with Crippen LogP contribution >= 0.6 is 23.2 Å². The van der Waals surface area contributed by atoms with Crippen LogP contribution in [0.5, 0.6) is 11.5 Å². The summed E-state index contributed by atoms with van der Waals surface area (Å²) in [6, 6.07) is 12.7. The van der Waals surface area contributed by atoms with E-state index < -0.39 is 0 Å². The van der Waals surface area contributed by atoms with Gasteiger partial charge in [0.05, 0.1) is 23.9 Å². The highest BCUT2D eigenvalue weighted by molar-refractivity contribution is 6.35. The first kappa shape index (κ1) is 17.9. The molecule has 0 fully saturated rings. The van der Waals surface area contributed by atoms with Gasteiger partial charge in [-0.25, -0.2) is 0 Å². The number of para-hydroxylation sites is 2. The van der Waals surface area contributed by atoms with Gasteiger partial charge in [-0.05, 0) is 43.7 Å². The van der Waals surface area contributed by atoms with E-state index in [1.807, 2.05) is 31.2 Å². The van der Waals surface area contributed by atoms with Gasteiger partial charge in [-0.1, -0.05) is 35.3 Å². The largest absolute Gasteiger partial charge is 0.492 e. The summed E-state index contributed by atoms with van der Waals surface area (Å²) >= 11 is 11.9. The molecule has 3 rings (SSSR count). The van der Waals surface area contributed by atoms with E-state index in [1.54, 1.807) is 23.1 Å². The molecule has 4 nitrogen and oxygen atoms in total. The Hall–Kier alpha value is -1.91. The van der Waals surface area contributed by atoms with Gasteiger partial charge in [-0.15, -0.1) is 0 Å². The van der Waals surface area contributed by atoms with Crippen LogP contribution < -0.4 is 14.4 Å². The summed E-state index contributed by atoms with van der Waals surface area (Å²) in [5, 5.41) is 1.03. The summed E-state index contributed by atoms with van der Waals surface area (Å²) in [7, 11) is 0. The van der Waals surface area contributed by atoms with Gasteiger partial charge in [-0.3, -0.25) is 4.79 Å². The van der Waals surface area contributed by atoms with Crippen LogP contribution in [-0.2, 0) is 4.79 Å². The zero-order valence-electron chi connectivity index (χ0n) is 13.9. The van der Waals surface area contributed by atoms with Crippen molar-refractivity contribution in [2.45, 2.75) is 25.9 Å². The fourth-order valence-corrected chi connectivity index (χ4v) is 3.22. The van der Waals surface area contributed by atoms with Crippen LogP contribution in [0.15, 0.2) is 42.5 Å². The molecular weight excluding hydrogens is 361 g/mol. The lowest BCUT2D eigenvalue weighted by Crippen LogP contribution is -2.42. The number of hydrogen-bond acceptors (Lipinski definition) is 3. The number of rotatable bonds is 5. The molecule has 1 heterocycles. The molecule has 0 N–H and O–H groups in total. The maximum atomic E-state index is 12.6. The number of carbonyl (C=O) groups is 1. The van der Waals surface area contributed by atoms with Crippen molar-refractivity contribution in [1.82, 2.24) is 0 Å². The van der Waals surface area contributed by atoms with Crippen LogP contribution in [-0.4, -0.2) is 25.2 Å². The first-order valence-electron chi connectivity index (χ1n) is 8.18. The Morgan fingerprint density at radius 2 is 2.08 bits per heavy atom. The summed E-state index contributed by atoms with van der Waals surface area (Å²) in [6.45, 7) is 2.93. The van der Waals surface area contributed by atoms with Crippen LogP contribution in [0.4, 0.5) is 5.69 Å². The summed E-state index contributed by atoms with van der Waals surface area (Å²) in [5.74, 6) is 1.39. The number of halogens is 2. The molecule has 132 valence electrons. The van der Waals surface area contributed by atoms with E-state index in [9.17, 15) is 4.79 Å². The molecule has 0 saturated carbocycles. The van der Waals surface area contributed by atoms with Gasteiger partial charge in [0.2, 0.25) is 5.91 Å². The van der Waals surface area contributed by atoms with E-state index in [-0.39, 0.29) is 12.0 Å². The summed E-state index contributed by atoms with van der Waals surface area (Å²) in [4.78, 5) is 14.4. The molecule has 0 aliphatic carbocycles. The third-order valence-corrected chi connectivity index (χ3v) is 4.44. The quantitative estimate of drug-likeness (QED) is 0.688. The highest BCUT2D eigenvalue weighted by Crippen LogP contribution is 2.33. The molecule has 0 bridgehead atoms. The maximum Gasteiger partial charge on any atom is 0.227 e. The Morgan fingerprint density at radius 3 is 2.88 bits per heavy atom. The Morgan fingerprint density at radius 1 is 1.28 bits per heavy atom. The van der Waals surface area contributed by atoms with Gasteiger partial charge < -0.3 is 14.4 Å². The molecule has 25 heavy (non-hydrogen) atoms. The number of fused-ring (bicyclic) bond motifs is 1. The number of benzene rings is 2. The molecule has 0 radical (unpaired) electrons. The second-order valence-electron chi connectivity index (χ2n) is 5.93. The van der Waals surface area contributed by atoms with Crippen LogP contribution in [0.3, 0.4) is 0 Å².